The average molecular weight is 310 g/mol. The lowest BCUT2D eigenvalue weighted by Crippen LogP contribution is -2.65. The smallest absolute Gasteiger partial charge is 0.254 e. The SMILES string of the molecule is CCCCCCCC1NC(=O)C2(CC(C)(C)NC(C)(C)C2)O1. The van der Waals surface area contributed by atoms with Gasteiger partial charge >= 0.3 is 0 Å². The van der Waals surface area contributed by atoms with Crippen molar-refractivity contribution in [3.63, 3.8) is 0 Å². The molecule has 0 aromatic heterocycles. The van der Waals surface area contributed by atoms with Gasteiger partial charge in [-0.15, -0.1) is 0 Å². The number of ether oxygens (including phenoxy) is 1. The summed E-state index contributed by atoms with van der Waals surface area (Å²) in [5.74, 6) is 0.0914. The Hall–Kier alpha value is -0.610. The minimum absolute atomic E-state index is 0.0882. The maximum atomic E-state index is 12.6. The Balaban J connectivity index is 1.93. The summed E-state index contributed by atoms with van der Waals surface area (Å²) < 4.78 is 6.28. The average Bonchev–Trinajstić information content (AvgIpc) is 2.60. The number of hydrogen-bond acceptors (Lipinski definition) is 3. The summed E-state index contributed by atoms with van der Waals surface area (Å²) in [7, 11) is 0. The van der Waals surface area contributed by atoms with Crippen molar-refractivity contribution in [3.05, 3.63) is 0 Å². The van der Waals surface area contributed by atoms with Crippen molar-refractivity contribution >= 4 is 5.91 Å². The highest BCUT2D eigenvalue weighted by Gasteiger charge is 2.56. The highest BCUT2D eigenvalue weighted by Crippen LogP contribution is 2.42. The Bertz CT molecular complexity index is 388. The molecule has 2 fully saturated rings. The van der Waals surface area contributed by atoms with Gasteiger partial charge in [0, 0.05) is 23.9 Å². The fraction of sp³-hybridized carbons (Fsp3) is 0.944. The maximum Gasteiger partial charge on any atom is 0.254 e. The van der Waals surface area contributed by atoms with Crippen molar-refractivity contribution in [1.82, 2.24) is 10.6 Å². The molecule has 4 nitrogen and oxygen atoms in total. The minimum atomic E-state index is -0.646. The molecule has 2 aliphatic rings. The number of amides is 1. The van der Waals surface area contributed by atoms with Crippen molar-refractivity contribution in [2.45, 2.75) is 109 Å². The first-order valence-corrected chi connectivity index (χ1v) is 8.96. The van der Waals surface area contributed by atoms with Gasteiger partial charge in [0.1, 0.15) is 6.23 Å². The Morgan fingerprint density at radius 1 is 1.05 bits per heavy atom. The maximum absolute atomic E-state index is 12.6. The summed E-state index contributed by atoms with van der Waals surface area (Å²) in [5.41, 5.74) is -0.823. The van der Waals surface area contributed by atoms with Gasteiger partial charge in [0.25, 0.3) is 5.91 Å². The molecule has 0 aromatic rings. The number of rotatable bonds is 6. The Labute approximate surface area is 135 Å². The highest BCUT2D eigenvalue weighted by molar-refractivity contribution is 5.87. The Morgan fingerprint density at radius 2 is 1.64 bits per heavy atom. The summed E-state index contributed by atoms with van der Waals surface area (Å²) in [6.07, 6.45) is 8.52. The van der Waals surface area contributed by atoms with Gasteiger partial charge in [-0.25, -0.2) is 0 Å². The van der Waals surface area contributed by atoms with Crippen molar-refractivity contribution < 1.29 is 9.53 Å². The zero-order valence-corrected chi connectivity index (χ0v) is 15.1. The van der Waals surface area contributed by atoms with Crippen molar-refractivity contribution in [3.8, 4) is 0 Å². The van der Waals surface area contributed by atoms with Crippen molar-refractivity contribution in [1.29, 1.82) is 0 Å². The summed E-state index contributed by atoms with van der Waals surface area (Å²) >= 11 is 0. The van der Waals surface area contributed by atoms with E-state index in [2.05, 4.69) is 45.3 Å². The van der Waals surface area contributed by atoms with Gasteiger partial charge in [0.05, 0.1) is 0 Å². The largest absolute Gasteiger partial charge is 0.342 e. The van der Waals surface area contributed by atoms with E-state index in [1.807, 2.05) is 0 Å². The molecule has 1 unspecified atom stereocenters. The number of carbonyl (C=O) groups excluding carboxylic acids is 1. The molecule has 0 saturated carbocycles. The summed E-state index contributed by atoms with van der Waals surface area (Å²) in [6.45, 7) is 10.9. The first-order valence-electron chi connectivity index (χ1n) is 8.96. The fourth-order valence-corrected chi connectivity index (χ4v) is 4.44. The molecule has 2 heterocycles. The first-order chi connectivity index (χ1) is 10.2. The second-order valence-corrected chi connectivity index (χ2v) is 8.52. The van der Waals surface area contributed by atoms with Gasteiger partial charge in [-0.1, -0.05) is 32.6 Å². The van der Waals surface area contributed by atoms with Crippen LogP contribution in [0.4, 0.5) is 0 Å². The lowest BCUT2D eigenvalue weighted by Gasteiger charge is -2.49. The van der Waals surface area contributed by atoms with Crippen LogP contribution in [-0.4, -0.2) is 28.8 Å². The Kier molecular flexibility index (Phi) is 5.23. The van der Waals surface area contributed by atoms with E-state index in [9.17, 15) is 4.79 Å². The van der Waals surface area contributed by atoms with Crippen LogP contribution < -0.4 is 10.6 Å². The van der Waals surface area contributed by atoms with E-state index in [1.165, 1.54) is 25.7 Å². The van der Waals surface area contributed by atoms with E-state index >= 15 is 0 Å². The molecular formula is C18H34N2O2. The standard InChI is InChI=1S/C18H34N2O2/c1-6-7-8-9-10-11-14-19-15(21)18(22-14)12-16(2,3)20-17(4,5)13-18/h14,20H,6-13H2,1-5H3,(H,19,21). The van der Waals surface area contributed by atoms with Crippen LogP contribution in [0.3, 0.4) is 0 Å². The molecule has 2 saturated heterocycles. The lowest BCUT2D eigenvalue weighted by molar-refractivity contribution is -0.146. The number of hydrogen-bond donors (Lipinski definition) is 2. The fourth-order valence-electron chi connectivity index (χ4n) is 4.44. The third-order valence-corrected chi connectivity index (χ3v) is 4.78. The first kappa shape index (κ1) is 17.7. The number of carbonyl (C=O) groups is 1. The van der Waals surface area contributed by atoms with Gasteiger partial charge in [-0.2, -0.15) is 0 Å². The topological polar surface area (TPSA) is 50.4 Å². The molecule has 2 rings (SSSR count). The number of piperidine rings is 1. The van der Waals surface area contributed by atoms with E-state index < -0.39 is 5.60 Å². The van der Waals surface area contributed by atoms with Gasteiger partial charge in [0.15, 0.2) is 5.60 Å². The molecule has 2 aliphatic heterocycles. The summed E-state index contributed by atoms with van der Waals surface area (Å²) in [5, 5.41) is 6.72. The molecule has 22 heavy (non-hydrogen) atoms. The van der Waals surface area contributed by atoms with Crippen molar-refractivity contribution in [2.24, 2.45) is 0 Å². The molecule has 128 valence electrons. The van der Waals surface area contributed by atoms with Gasteiger partial charge in [-0.3, -0.25) is 4.79 Å². The van der Waals surface area contributed by atoms with Crippen LogP contribution >= 0.6 is 0 Å². The molecule has 1 spiro atoms. The molecule has 0 radical (unpaired) electrons. The molecule has 1 atom stereocenters. The molecule has 0 aromatic carbocycles. The van der Waals surface area contributed by atoms with E-state index in [1.54, 1.807) is 0 Å². The van der Waals surface area contributed by atoms with Gasteiger partial charge in [0.2, 0.25) is 0 Å². The summed E-state index contributed by atoms with van der Waals surface area (Å²) in [6, 6.07) is 0. The third-order valence-electron chi connectivity index (χ3n) is 4.78. The molecule has 1 amide bonds. The molecule has 0 aliphatic carbocycles. The van der Waals surface area contributed by atoms with E-state index in [0.29, 0.717) is 0 Å². The predicted molar refractivity (Wildman–Crippen MR) is 89.7 cm³/mol. The van der Waals surface area contributed by atoms with Crippen LogP contribution in [0.2, 0.25) is 0 Å². The zero-order chi connectivity index (χ0) is 16.4. The molecule has 2 N–H and O–H groups in total. The van der Waals surface area contributed by atoms with Gasteiger partial charge < -0.3 is 15.4 Å². The highest BCUT2D eigenvalue weighted by atomic mass is 16.5. The molecule has 4 heteroatoms. The lowest BCUT2D eigenvalue weighted by atomic mass is 9.72. The minimum Gasteiger partial charge on any atom is -0.342 e. The normalized spacial score (nSPS) is 28.8. The van der Waals surface area contributed by atoms with E-state index in [4.69, 9.17) is 4.74 Å². The second-order valence-electron chi connectivity index (χ2n) is 8.52. The van der Waals surface area contributed by atoms with Crippen LogP contribution in [0.15, 0.2) is 0 Å². The predicted octanol–water partition coefficient (Wildman–Crippen LogP) is 3.50. The van der Waals surface area contributed by atoms with Crippen LogP contribution in [0.25, 0.3) is 0 Å². The quantitative estimate of drug-likeness (QED) is 0.738. The van der Waals surface area contributed by atoms with E-state index in [-0.39, 0.29) is 23.2 Å². The third kappa shape index (κ3) is 4.23. The molecular weight excluding hydrogens is 276 g/mol. The van der Waals surface area contributed by atoms with Crippen LogP contribution in [0.1, 0.15) is 86.0 Å². The zero-order valence-electron chi connectivity index (χ0n) is 15.1. The summed E-state index contributed by atoms with van der Waals surface area (Å²) in [4.78, 5) is 12.6. The number of nitrogens with one attached hydrogen (secondary N) is 2. The second kappa shape index (κ2) is 6.48. The monoisotopic (exact) mass is 310 g/mol. The number of unbranched alkanes of at least 4 members (excludes halogenated alkanes) is 4. The van der Waals surface area contributed by atoms with Crippen LogP contribution in [0.5, 0.6) is 0 Å². The van der Waals surface area contributed by atoms with Crippen LogP contribution in [0, 0.1) is 0 Å². The van der Waals surface area contributed by atoms with Gasteiger partial charge in [-0.05, 0) is 40.5 Å². The van der Waals surface area contributed by atoms with Crippen molar-refractivity contribution in [2.75, 3.05) is 0 Å². The Morgan fingerprint density at radius 3 is 2.23 bits per heavy atom. The van der Waals surface area contributed by atoms with Crippen LogP contribution in [-0.2, 0) is 9.53 Å². The molecule has 0 bridgehead atoms. The van der Waals surface area contributed by atoms with E-state index in [0.717, 1.165) is 25.7 Å².